The molecule has 0 saturated carbocycles. The maximum atomic E-state index is 14.3. The van der Waals surface area contributed by atoms with Gasteiger partial charge in [-0.2, -0.15) is 0 Å². The summed E-state index contributed by atoms with van der Waals surface area (Å²) < 4.78 is 29.3. The van der Waals surface area contributed by atoms with E-state index >= 15 is 0 Å². The molecule has 118 valence electrons. The fourth-order valence-electron chi connectivity index (χ4n) is 1.87. The molecule has 0 spiro atoms. The molecular weight excluding hydrogens is 313 g/mol. The van der Waals surface area contributed by atoms with Crippen molar-refractivity contribution in [3.8, 4) is 11.5 Å². The van der Waals surface area contributed by atoms with E-state index in [9.17, 15) is 14.0 Å². The van der Waals surface area contributed by atoms with E-state index in [0.29, 0.717) is 4.70 Å². The average molecular weight is 327 g/mol. The summed E-state index contributed by atoms with van der Waals surface area (Å²) in [4.78, 5) is 27.1. The van der Waals surface area contributed by atoms with E-state index in [1.165, 1.54) is 21.3 Å². The first kappa shape index (κ1) is 16.2. The molecular formula is C14H14FNO5S. The number of rotatable bonds is 6. The second kappa shape index (κ2) is 6.69. The molecule has 0 aliphatic heterocycles. The van der Waals surface area contributed by atoms with Crippen molar-refractivity contribution < 1.29 is 28.2 Å². The molecule has 8 heteroatoms. The number of Topliss-reactive ketones (excluding diaryl/α,β-unsaturated/α-hetero) is 1. The number of aromatic nitrogens is 1. The number of nitrogens with zero attached hydrogens (tertiary/aromatic N) is 1. The lowest BCUT2D eigenvalue weighted by Crippen LogP contribution is -2.05. The standard InChI is InChI=1S/C14H14FNO5S/c1-19-8-6-9-12(11(15)13(8)21-3)16-14(22-9)7(17)4-5-10(18)20-2/h6H,4-5H2,1-3H3. The van der Waals surface area contributed by atoms with Crippen LogP contribution in [-0.2, 0) is 9.53 Å². The molecule has 22 heavy (non-hydrogen) atoms. The van der Waals surface area contributed by atoms with Crippen LogP contribution in [0.1, 0.15) is 22.6 Å². The van der Waals surface area contributed by atoms with Gasteiger partial charge in [-0.1, -0.05) is 0 Å². The number of esters is 1. The van der Waals surface area contributed by atoms with Crippen molar-refractivity contribution in [2.45, 2.75) is 12.8 Å². The Morgan fingerprint density at radius 3 is 2.55 bits per heavy atom. The Bertz CT molecular complexity index is 728. The molecule has 2 aromatic rings. The third-order valence-corrected chi connectivity index (χ3v) is 4.04. The van der Waals surface area contributed by atoms with Crippen molar-refractivity contribution in [1.82, 2.24) is 4.98 Å². The largest absolute Gasteiger partial charge is 0.493 e. The Labute approximate surface area is 129 Å². The number of methoxy groups -OCH3 is 3. The molecule has 0 aliphatic rings. The number of ketones is 1. The zero-order valence-corrected chi connectivity index (χ0v) is 13.1. The van der Waals surface area contributed by atoms with Crippen molar-refractivity contribution in [2.24, 2.45) is 0 Å². The molecule has 0 fully saturated rings. The zero-order valence-electron chi connectivity index (χ0n) is 12.3. The van der Waals surface area contributed by atoms with E-state index in [0.717, 1.165) is 11.3 Å². The third kappa shape index (κ3) is 3.01. The van der Waals surface area contributed by atoms with E-state index < -0.39 is 11.8 Å². The lowest BCUT2D eigenvalue weighted by atomic mass is 10.2. The molecule has 0 saturated heterocycles. The molecule has 0 atom stereocenters. The van der Waals surface area contributed by atoms with E-state index in [-0.39, 0.29) is 40.6 Å². The van der Waals surface area contributed by atoms with Gasteiger partial charge >= 0.3 is 5.97 Å². The van der Waals surface area contributed by atoms with Gasteiger partial charge in [-0.3, -0.25) is 9.59 Å². The number of halogens is 1. The lowest BCUT2D eigenvalue weighted by Gasteiger charge is -2.07. The minimum absolute atomic E-state index is 0.0393. The zero-order chi connectivity index (χ0) is 16.3. The molecule has 0 bridgehead atoms. The fraction of sp³-hybridized carbons (Fsp3) is 0.357. The third-order valence-electron chi connectivity index (χ3n) is 2.99. The van der Waals surface area contributed by atoms with Gasteiger partial charge in [0, 0.05) is 12.5 Å². The Morgan fingerprint density at radius 1 is 1.23 bits per heavy atom. The lowest BCUT2D eigenvalue weighted by molar-refractivity contribution is -0.140. The highest BCUT2D eigenvalue weighted by Crippen LogP contribution is 2.38. The van der Waals surface area contributed by atoms with Gasteiger partial charge in [0.25, 0.3) is 0 Å². The molecule has 6 nitrogen and oxygen atoms in total. The van der Waals surface area contributed by atoms with Crippen LogP contribution in [0.25, 0.3) is 10.2 Å². The van der Waals surface area contributed by atoms with Crippen LogP contribution in [0.15, 0.2) is 6.07 Å². The Hall–Kier alpha value is -2.22. The van der Waals surface area contributed by atoms with Gasteiger partial charge < -0.3 is 14.2 Å². The van der Waals surface area contributed by atoms with Crippen LogP contribution in [-0.4, -0.2) is 38.1 Å². The van der Waals surface area contributed by atoms with E-state index in [1.54, 1.807) is 6.07 Å². The molecule has 0 aliphatic carbocycles. The summed E-state index contributed by atoms with van der Waals surface area (Å²) in [5.41, 5.74) is 0.0454. The van der Waals surface area contributed by atoms with Gasteiger partial charge in [-0.25, -0.2) is 9.37 Å². The first-order valence-electron chi connectivity index (χ1n) is 6.32. The quantitative estimate of drug-likeness (QED) is 0.600. The van der Waals surface area contributed by atoms with E-state index in [1.807, 2.05) is 0 Å². The van der Waals surface area contributed by atoms with E-state index in [4.69, 9.17) is 9.47 Å². The van der Waals surface area contributed by atoms with Gasteiger partial charge in [0.05, 0.1) is 32.5 Å². The summed E-state index contributed by atoms with van der Waals surface area (Å²) >= 11 is 1.04. The van der Waals surface area contributed by atoms with Crippen LogP contribution >= 0.6 is 11.3 Å². The number of benzene rings is 1. The molecule has 0 unspecified atom stereocenters. The number of carbonyl (C=O) groups is 2. The predicted octanol–water partition coefficient (Wildman–Crippen LogP) is 2.59. The van der Waals surface area contributed by atoms with Gasteiger partial charge in [-0.15, -0.1) is 11.3 Å². The van der Waals surface area contributed by atoms with Gasteiger partial charge in [0.15, 0.2) is 28.1 Å². The summed E-state index contributed by atoms with van der Waals surface area (Å²) in [7, 11) is 3.96. The van der Waals surface area contributed by atoms with Crippen LogP contribution in [0.5, 0.6) is 11.5 Å². The highest BCUT2D eigenvalue weighted by molar-refractivity contribution is 7.20. The van der Waals surface area contributed by atoms with Gasteiger partial charge in [-0.05, 0) is 0 Å². The summed E-state index contributed by atoms with van der Waals surface area (Å²) in [6.07, 6.45) is -0.0806. The molecule has 1 aromatic heterocycles. The normalized spacial score (nSPS) is 10.5. The van der Waals surface area contributed by atoms with Crippen LogP contribution in [0.2, 0.25) is 0 Å². The molecule has 1 heterocycles. The Morgan fingerprint density at radius 2 is 1.95 bits per heavy atom. The van der Waals surface area contributed by atoms with E-state index in [2.05, 4.69) is 9.72 Å². The fourth-order valence-corrected chi connectivity index (χ4v) is 2.83. The number of fused-ring (bicyclic) bond motifs is 1. The number of hydrogen-bond acceptors (Lipinski definition) is 7. The maximum absolute atomic E-state index is 14.3. The smallest absolute Gasteiger partial charge is 0.305 e. The summed E-state index contributed by atoms with van der Waals surface area (Å²) in [6.45, 7) is 0. The SMILES string of the molecule is COC(=O)CCC(=O)c1nc2c(F)c(OC)c(OC)cc2s1. The molecule has 2 rings (SSSR count). The van der Waals surface area contributed by atoms with Crippen LogP contribution < -0.4 is 9.47 Å². The molecule has 0 N–H and O–H groups in total. The van der Waals surface area contributed by atoms with Crippen molar-refractivity contribution in [3.63, 3.8) is 0 Å². The molecule has 0 radical (unpaired) electrons. The number of hydrogen-bond donors (Lipinski definition) is 0. The molecule has 0 amide bonds. The number of thiazole rings is 1. The highest BCUT2D eigenvalue weighted by atomic mass is 32.1. The Kier molecular flexibility index (Phi) is 4.92. The minimum Gasteiger partial charge on any atom is -0.493 e. The summed E-state index contributed by atoms with van der Waals surface area (Å²) in [6, 6.07) is 1.56. The second-order valence-corrected chi connectivity index (χ2v) is 5.32. The van der Waals surface area contributed by atoms with Crippen LogP contribution in [0.4, 0.5) is 4.39 Å². The van der Waals surface area contributed by atoms with Crippen molar-refractivity contribution in [1.29, 1.82) is 0 Å². The molecule has 1 aromatic carbocycles. The highest BCUT2D eigenvalue weighted by Gasteiger charge is 2.21. The van der Waals surface area contributed by atoms with Crippen molar-refractivity contribution in [2.75, 3.05) is 21.3 Å². The number of carbonyl (C=O) groups excluding carboxylic acids is 2. The van der Waals surface area contributed by atoms with Gasteiger partial charge in [0.1, 0.15) is 5.52 Å². The van der Waals surface area contributed by atoms with Crippen molar-refractivity contribution >= 4 is 33.3 Å². The summed E-state index contributed by atoms with van der Waals surface area (Å²) in [5, 5.41) is 0.133. The Balaban J connectivity index is 2.36. The maximum Gasteiger partial charge on any atom is 0.305 e. The second-order valence-electron chi connectivity index (χ2n) is 4.29. The predicted molar refractivity (Wildman–Crippen MR) is 78.3 cm³/mol. The summed E-state index contributed by atoms with van der Waals surface area (Å²) in [5.74, 6) is -1.34. The van der Waals surface area contributed by atoms with Gasteiger partial charge in [0.2, 0.25) is 0 Å². The monoisotopic (exact) mass is 327 g/mol. The van der Waals surface area contributed by atoms with Crippen molar-refractivity contribution in [3.05, 3.63) is 16.9 Å². The van der Waals surface area contributed by atoms with Crippen LogP contribution in [0.3, 0.4) is 0 Å². The number of ether oxygens (including phenoxy) is 3. The minimum atomic E-state index is -0.680. The average Bonchev–Trinajstić information content (AvgIpc) is 2.96. The van der Waals surface area contributed by atoms with Crippen LogP contribution in [0, 0.1) is 5.82 Å². The topological polar surface area (TPSA) is 74.7 Å². The first-order chi connectivity index (χ1) is 10.5. The first-order valence-corrected chi connectivity index (χ1v) is 7.14.